The Kier molecular flexibility index (Phi) is 4.13. The molecular formula is C21H20N2O3. The Hall–Kier alpha value is -3.21. The second-order valence-corrected chi connectivity index (χ2v) is 6.16. The van der Waals surface area contributed by atoms with Crippen LogP contribution in [0.2, 0.25) is 0 Å². The number of aryl methyl sites for hydroxylation is 1. The number of methoxy groups -OCH3 is 1. The molecule has 1 aromatic heterocycles. The molecule has 3 aromatic rings. The summed E-state index contributed by atoms with van der Waals surface area (Å²) < 4.78 is 18.2. The minimum absolute atomic E-state index is 0.269. The van der Waals surface area contributed by atoms with Gasteiger partial charge in [0.25, 0.3) is 0 Å². The number of rotatable bonds is 4. The normalized spacial score (nSPS) is 12.7. The van der Waals surface area contributed by atoms with Crippen molar-refractivity contribution in [3.63, 3.8) is 0 Å². The fourth-order valence-electron chi connectivity index (χ4n) is 3.16. The van der Waals surface area contributed by atoms with E-state index in [1.54, 1.807) is 7.11 Å². The van der Waals surface area contributed by atoms with Gasteiger partial charge in [0.05, 0.1) is 12.8 Å². The molecule has 4 rings (SSSR count). The van der Waals surface area contributed by atoms with Gasteiger partial charge < -0.3 is 18.8 Å². The number of ether oxygens (including phenoxy) is 3. The monoisotopic (exact) mass is 348 g/mol. The predicted molar refractivity (Wildman–Crippen MR) is 102 cm³/mol. The van der Waals surface area contributed by atoms with Crippen LogP contribution in [0.15, 0.2) is 53.5 Å². The summed E-state index contributed by atoms with van der Waals surface area (Å²) >= 11 is 0. The zero-order valence-corrected chi connectivity index (χ0v) is 15.0. The maximum Gasteiger partial charge on any atom is 0.231 e. The first-order valence-electron chi connectivity index (χ1n) is 8.43. The molecule has 0 aliphatic carbocycles. The molecule has 2 aromatic carbocycles. The zero-order valence-electron chi connectivity index (χ0n) is 15.0. The van der Waals surface area contributed by atoms with Gasteiger partial charge in [-0.25, -0.2) is 0 Å². The summed E-state index contributed by atoms with van der Waals surface area (Å²) in [5, 5.41) is 0. The molecule has 0 atom stereocenters. The van der Waals surface area contributed by atoms with Crippen LogP contribution in [0.25, 0.3) is 5.69 Å². The van der Waals surface area contributed by atoms with Gasteiger partial charge in [0.15, 0.2) is 11.5 Å². The third kappa shape index (κ3) is 2.92. The standard InChI is InChI=1S/C21H20N2O3/c1-14-10-16(12-22-17-4-9-20-21(11-17)26-13-25-20)15(2)23(14)18-5-7-19(24-3)8-6-18/h4-12H,13H2,1-3H3. The fourth-order valence-corrected chi connectivity index (χ4v) is 3.16. The second kappa shape index (κ2) is 6.59. The molecule has 0 bridgehead atoms. The van der Waals surface area contributed by atoms with E-state index >= 15 is 0 Å². The maximum atomic E-state index is 5.40. The summed E-state index contributed by atoms with van der Waals surface area (Å²) in [5.41, 5.74) is 5.31. The van der Waals surface area contributed by atoms with Crippen LogP contribution in [-0.4, -0.2) is 24.7 Å². The fraction of sp³-hybridized carbons (Fsp3) is 0.190. The van der Waals surface area contributed by atoms with Gasteiger partial charge in [-0.3, -0.25) is 4.99 Å². The van der Waals surface area contributed by atoms with Crippen molar-refractivity contribution in [1.82, 2.24) is 4.57 Å². The molecular weight excluding hydrogens is 328 g/mol. The quantitative estimate of drug-likeness (QED) is 0.648. The third-order valence-corrected chi connectivity index (χ3v) is 4.51. The number of aromatic nitrogens is 1. The topological polar surface area (TPSA) is 45.0 Å². The van der Waals surface area contributed by atoms with E-state index in [0.717, 1.165) is 45.6 Å². The van der Waals surface area contributed by atoms with Gasteiger partial charge in [-0.05, 0) is 56.3 Å². The van der Waals surface area contributed by atoms with Gasteiger partial charge in [-0.2, -0.15) is 0 Å². The first-order chi connectivity index (χ1) is 12.7. The molecule has 132 valence electrons. The van der Waals surface area contributed by atoms with Crippen LogP contribution in [0.5, 0.6) is 17.2 Å². The van der Waals surface area contributed by atoms with E-state index in [9.17, 15) is 0 Å². The second-order valence-electron chi connectivity index (χ2n) is 6.16. The molecule has 0 saturated carbocycles. The highest BCUT2D eigenvalue weighted by Gasteiger charge is 2.13. The molecule has 0 saturated heterocycles. The van der Waals surface area contributed by atoms with Crippen molar-refractivity contribution >= 4 is 11.9 Å². The molecule has 5 heteroatoms. The molecule has 0 radical (unpaired) electrons. The average Bonchev–Trinajstić information content (AvgIpc) is 3.23. The van der Waals surface area contributed by atoms with Gasteiger partial charge in [0.1, 0.15) is 5.75 Å². The van der Waals surface area contributed by atoms with Crippen molar-refractivity contribution in [3.8, 4) is 22.9 Å². The van der Waals surface area contributed by atoms with E-state index in [1.807, 2.05) is 36.5 Å². The number of nitrogens with zero attached hydrogens (tertiary/aromatic N) is 2. The number of benzene rings is 2. The lowest BCUT2D eigenvalue weighted by atomic mass is 10.2. The summed E-state index contributed by atoms with van der Waals surface area (Å²) in [5.74, 6) is 2.35. The minimum Gasteiger partial charge on any atom is -0.497 e. The lowest BCUT2D eigenvalue weighted by molar-refractivity contribution is 0.174. The summed E-state index contributed by atoms with van der Waals surface area (Å²) in [6, 6.07) is 15.9. The molecule has 1 aliphatic heterocycles. The Morgan fingerprint density at radius 1 is 1.00 bits per heavy atom. The van der Waals surface area contributed by atoms with Crippen LogP contribution in [0, 0.1) is 13.8 Å². The van der Waals surface area contributed by atoms with Crippen molar-refractivity contribution < 1.29 is 14.2 Å². The molecule has 5 nitrogen and oxygen atoms in total. The van der Waals surface area contributed by atoms with E-state index < -0.39 is 0 Å². The minimum atomic E-state index is 0.269. The van der Waals surface area contributed by atoms with E-state index in [2.05, 4.69) is 41.6 Å². The Morgan fingerprint density at radius 3 is 2.54 bits per heavy atom. The summed E-state index contributed by atoms with van der Waals surface area (Å²) in [6.07, 6.45) is 1.89. The van der Waals surface area contributed by atoms with Crippen LogP contribution in [0.1, 0.15) is 17.0 Å². The molecule has 0 fully saturated rings. The van der Waals surface area contributed by atoms with Crippen LogP contribution in [0.3, 0.4) is 0 Å². The smallest absolute Gasteiger partial charge is 0.231 e. The van der Waals surface area contributed by atoms with Gasteiger partial charge in [0.2, 0.25) is 6.79 Å². The van der Waals surface area contributed by atoms with E-state index in [4.69, 9.17) is 14.2 Å². The van der Waals surface area contributed by atoms with Crippen molar-refractivity contribution in [3.05, 3.63) is 65.5 Å². The van der Waals surface area contributed by atoms with Crippen LogP contribution >= 0.6 is 0 Å². The van der Waals surface area contributed by atoms with Gasteiger partial charge >= 0.3 is 0 Å². The molecule has 1 aliphatic rings. The SMILES string of the molecule is COc1ccc(-n2c(C)cc(C=Nc3ccc4c(c3)OCO4)c2C)cc1. The number of hydrogen-bond donors (Lipinski definition) is 0. The number of hydrogen-bond acceptors (Lipinski definition) is 4. The van der Waals surface area contributed by atoms with E-state index in [-0.39, 0.29) is 6.79 Å². The van der Waals surface area contributed by atoms with Crippen molar-refractivity contribution in [1.29, 1.82) is 0 Å². The average molecular weight is 348 g/mol. The Balaban J connectivity index is 1.63. The molecule has 0 N–H and O–H groups in total. The van der Waals surface area contributed by atoms with Crippen LogP contribution in [-0.2, 0) is 0 Å². The lowest BCUT2D eigenvalue weighted by Gasteiger charge is -2.10. The molecule has 0 unspecified atom stereocenters. The lowest BCUT2D eigenvalue weighted by Crippen LogP contribution is -1.99. The highest BCUT2D eigenvalue weighted by molar-refractivity contribution is 5.84. The number of fused-ring (bicyclic) bond motifs is 1. The van der Waals surface area contributed by atoms with Crippen molar-refractivity contribution in [2.24, 2.45) is 4.99 Å². The van der Waals surface area contributed by atoms with E-state index in [0.29, 0.717) is 0 Å². The Bertz CT molecular complexity index is 972. The van der Waals surface area contributed by atoms with Crippen LogP contribution < -0.4 is 14.2 Å². The van der Waals surface area contributed by atoms with Crippen molar-refractivity contribution in [2.75, 3.05) is 13.9 Å². The van der Waals surface area contributed by atoms with Gasteiger partial charge in [0, 0.05) is 34.9 Å². The molecule has 26 heavy (non-hydrogen) atoms. The first-order valence-corrected chi connectivity index (χ1v) is 8.43. The predicted octanol–water partition coefficient (Wildman–Crippen LogP) is 4.58. The molecule has 2 heterocycles. The van der Waals surface area contributed by atoms with E-state index in [1.165, 1.54) is 0 Å². The van der Waals surface area contributed by atoms with Gasteiger partial charge in [-0.1, -0.05) is 0 Å². The highest BCUT2D eigenvalue weighted by Crippen LogP contribution is 2.35. The molecule has 0 amide bonds. The molecule has 0 spiro atoms. The summed E-state index contributed by atoms with van der Waals surface area (Å²) in [7, 11) is 1.67. The summed E-state index contributed by atoms with van der Waals surface area (Å²) in [6.45, 7) is 4.46. The zero-order chi connectivity index (χ0) is 18.1. The Labute approximate surface area is 152 Å². The largest absolute Gasteiger partial charge is 0.497 e. The maximum absolute atomic E-state index is 5.40. The first kappa shape index (κ1) is 16.3. The van der Waals surface area contributed by atoms with Crippen molar-refractivity contribution in [2.45, 2.75) is 13.8 Å². The summed E-state index contributed by atoms with van der Waals surface area (Å²) in [4.78, 5) is 4.60. The van der Waals surface area contributed by atoms with Gasteiger partial charge in [-0.15, -0.1) is 0 Å². The third-order valence-electron chi connectivity index (χ3n) is 4.51. The number of aliphatic imine (C=N–C) groups is 1. The highest BCUT2D eigenvalue weighted by atomic mass is 16.7. The Morgan fingerprint density at radius 2 is 1.77 bits per heavy atom. The van der Waals surface area contributed by atoms with Crippen LogP contribution in [0.4, 0.5) is 5.69 Å².